The Morgan fingerprint density at radius 1 is 0.925 bits per heavy atom. The lowest BCUT2D eigenvalue weighted by molar-refractivity contribution is 0.107. The predicted molar refractivity (Wildman–Crippen MR) is 167 cm³/mol. The fourth-order valence-electron chi connectivity index (χ4n) is 5.68. The van der Waals surface area contributed by atoms with Crippen molar-refractivity contribution in [2.75, 3.05) is 13.2 Å². The van der Waals surface area contributed by atoms with Crippen LogP contribution < -0.4 is 0 Å². The SMILES string of the molecule is CC(C)N(C(=O)O/C=C\[C@@H](CCO[Si](C(C)C)(C(C)C)C(C)C)[C@@H](O)C#CCCOCc1ccccc1)C(C)C. The summed E-state index contributed by atoms with van der Waals surface area (Å²) < 4.78 is 17.9. The standard InChI is InChI=1S/C33H55NO5Si/c1-25(2)34(26(3)4)33(36)38-22-19-31(20-23-39-40(27(5)6,28(7)8)29(9)10)32(35)18-14-15-21-37-24-30-16-12-11-13-17-30/h11-13,16-17,19,22,25-29,31-32,35H,15,20-21,23-24H2,1-10H3/b22-19-/t31-,32-/m0/s1. The van der Waals surface area contributed by atoms with Crippen LogP contribution in [-0.2, 0) is 20.5 Å². The number of carbonyl (C=O) groups is 1. The molecular weight excluding hydrogens is 518 g/mol. The number of nitrogens with zero attached hydrogens (tertiary/aromatic N) is 1. The summed E-state index contributed by atoms with van der Waals surface area (Å²) in [5, 5.41) is 11.0. The zero-order valence-electron chi connectivity index (χ0n) is 26.6. The molecule has 1 amide bonds. The molecule has 0 fully saturated rings. The zero-order valence-corrected chi connectivity index (χ0v) is 27.6. The van der Waals surface area contributed by atoms with Crippen molar-refractivity contribution in [2.24, 2.45) is 5.92 Å². The van der Waals surface area contributed by atoms with Gasteiger partial charge in [-0.3, -0.25) is 0 Å². The number of hydrogen-bond acceptors (Lipinski definition) is 5. The normalized spacial score (nSPS) is 13.8. The molecule has 0 aromatic heterocycles. The molecular formula is C33H55NO5Si. The van der Waals surface area contributed by atoms with Crippen molar-refractivity contribution in [3.05, 3.63) is 48.2 Å². The van der Waals surface area contributed by atoms with Crippen LogP contribution in [0.4, 0.5) is 4.79 Å². The van der Waals surface area contributed by atoms with Crippen molar-refractivity contribution in [3.63, 3.8) is 0 Å². The molecule has 0 radical (unpaired) electrons. The van der Waals surface area contributed by atoms with Gasteiger partial charge in [-0.25, -0.2) is 4.79 Å². The summed E-state index contributed by atoms with van der Waals surface area (Å²) in [5.74, 6) is 5.69. The summed E-state index contributed by atoms with van der Waals surface area (Å²) in [6, 6.07) is 10.1. The Balaban J connectivity index is 2.90. The molecule has 226 valence electrons. The second kappa shape index (κ2) is 18.3. The van der Waals surface area contributed by atoms with Gasteiger partial charge in [0.05, 0.1) is 19.5 Å². The van der Waals surface area contributed by atoms with E-state index in [9.17, 15) is 9.90 Å². The molecule has 0 aliphatic rings. The molecule has 0 bridgehead atoms. The van der Waals surface area contributed by atoms with Gasteiger partial charge < -0.3 is 23.9 Å². The topological polar surface area (TPSA) is 68.2 Å². The minimum atomic E-state index is -2.04. The summed E-state index contributed by atoms with van der Waals surface area (Å²) in [6.45, 7) is 23.0. The Morgan fingerprint density at radius 2 is 1.50 bits per heavy atom. The molecule has 1 rings (SSSR count). The lowest BCUT2D eigenvalue weighted by atomic mass is 9.99. The highest BCUT2D eigenvalue weighted by molar-refractivity contribution is 6.77. The molecule has 0 heterocycles. The molecule has 1 aromatic rings. The van der Waals surface area contributed by atoms with Crippen molar-refractivity contribution in [2.45, 2.75) is 123 Å². The van der Waals surface area contributed by atoms with E-state index in [0.717, 1.165) is 5.56 Å². The molecule has 6 nitrogen and oxygen atoms in total. The highest BCUT2D eigenvalue weighted by Crippen LogP contribution is 2.42. The number of hydrogen-bond donors (Lipinski definition) is 1. The predicted octanol–water partition coefficient (Wildman–Crippen LogP) is 7.93. The van der Waals surface area contributed by atoms with Crippen molar-refractivity contribution in [1.82, 2.24) is 4.90 Å². The zero-order chi connectivity index (χ0) is 30.3. The first-order valence-corrected chi connectivity index (χ1v) is 17.1. The molecule has 2 atom stereocenters. The number of ether oxygens (including phenoxy) is 2. The summed E-state index contributed by atoms with van der Waals surface area (Å²) in [7, 11) is -2.04. The van der Waals surface area contributed by atoms with Crippen LogP contribution in [0.2, 0.25) is 16.6 Å². The third-order valence-electron chi connectivity index (χ3n) is 7.47. The number of rotatable bonds is 16. The van der Waals surface area contributed by atoms with Crippen LogP contribution in [0.1, 0.15) is 87.6 Å². The molecule has 1 N–H and O–H groups in total. The minimum absolute atomic E-state index is 0.0202. The summed E-state index contributed by atoms with van der Waals surface area (Å²) in [5.41, 5.74) is 2.54. The van der Waals surface area contributed by atoms with Gasteiger partial charge in [0.1, 0.15) is 6.10 Å². The van der Waals surface area contributed by atoms with Crippen LogP contribution in [0.15, 0.2) is 42.7 Å². The number of benzene rings is 1. The maximum absolute atomic E-state index is 12.7. The first-order chi connectivity index (χ1) is 18.8. The van der Waals surface area contributed by atoms with Crippen LogP contribution in [0.25, 0.3) is 0 Å². The van der Waals surface area contributed by atoms with Gasteiger partial charge in [-0.15, -0.1) is 0 Å². The molecule has 1 aromatic carbocycles. The van der Waals surface area contributed by atoms with E-state index in [-0.39, 0.29) is 18.0 Å². The first kappa shape index (κ1) is 35.9. The highest BCUT2D eigenvalue weighted by atomic mass is 28.4. The summed E-state index contributed by atoms with van der Waals surface area (Å²) >= 11 is 0. The van der Waals surface area contributed by atoms with Crippen LogP contribution in [0.5, 0.6) is 0 Å². The average Bonchev–Trinajstić information content (AvgIpc) is 2.86. The molecule has 40 heavy (non-hydrogen) atoms. The van der Waals surface area contributed by atoms with Gasteiger partial charge >= 0.3 is 6.09 Å². The molecule has 0 spiro atoms. The monoisotopic (exact) mass is 573 g/mol. The molecule has 0 aliphatic heterocycles. The fraction of sp³-hybridized carbons (Fsp3) is 0.667. The largest absolute Gasteiger partial charge is 0.418 e. The molecule has 0 unspecified atom stereocenters. The van der Waals surface area contributed by atoms with E-state index < -0.39 is 20.5 Å². The molecule has 0 saturated carbocycles. The van der Waals surface area contributed by atoms with E-state index in [1.165, 1.54) is 6.26 Å². The van der Waals surface area contributed by atoms with Gasteiger partial charge in [0.15, 0.2) is 8.32 Å². The summed E-state index contributed by atoms with van der Waals surface area (Å²) in [4.78, 5) is 14.3. The van der Waals surface area contributed by atoms with Gasteiger partial charge in [0.25, 0.3) is 0 Å². The number of carbonyl (C=O) groups excluding carboxylic acids is 1. The Hall–Kier alpha value is -2.11. The van der Waals surface area contributed by atoms with Crippen LogP contribution in [-0.4, -0.2) is 55.8 Å². The lowest BCUT2D eigenvalue weighted by Gasteiger charge is -2.42. The van der Waals surface area contributed by atoms with E-state index in [2.05, 4.69) is 53.4 Å². The third kappa shape index (κ3) is 11.4. The van der Waals surface area contributed by atoms with E-state index in [1.54, 1.807) is 11.0 Å². The third-order valence-corrected chi connectivity index (χ3v) is 13.6. The average molecular weight is 574 g/mol. The van der Waals surface area contributed by atoms with Crippen molar-refractivity contribution in [3.8, 4) is 11.8 Å². The number of aliphatic hydroxyl groups excluding tert-OH is 1. The second-order valence-corrected chi connectivity index (χ2v) is 17.4. The van der Waals surface area contributed by atoms with E-state index in [1.807, 2.05) is 58.0 Å². The Kier molecular flexibility index (Phi) is 16.5. The highest BCUT2D eigenvalue weighted by Gasteiger charge is 2.45. The fourth-order valence-corrected chi connectivity index (χ4v) is 11.2. The van der Waals surface area contributed by atoms with Gasteiger partial charge in [0.2, 0.25) is 0 Å². The first-order valence-electron chi connectivity index (χ1n) is 14.9. The van der Waals surface area contributed by atoms with E-state index in [0.29, 0.717) is 49.3 Å². The van der Waals surface area contributed by atoms with Crippen molar-refractivity contribution >= 4 is 14.4 Å². The van der Waals surface area contributed by atoms with Crippen molar-refractivity contribution in [1.29, 1.82) is 0 Å². The Bertz CT molecular complexity index is 903. The van der Waals surface area contributed by atoms with Crippen LogP contribution in [0, 0.1) is 17.8 Å². The van der Waals surface area contributed by atoms with Gasteiger partial charge in [-0.05, 0) is 62.4 Å². The van der Waals surface area contributed by atoms with Gasteiger partial charge in [-0.1, -0.05) is 83.7 Å². The number of aliphatic hydroxyl groups is 1. The smallest absolute Gasteiger partial charge is 0.415 e. The lowest BCUT2D eigenvalue weighted by Crippen LogP contribution is -2.48. The number of amides is 1. The van der Waals surface area contributed by atoms with E-state index in [4.69, 9.17) is 13.9 Å². The molecule has 0 saturated heterocycles. The molecule has 0 aliphatic carbocycles. The maximum Gasteiger partial charge on any atom is 0.415 e. The van der Waals surface area contributed by atoms with Gasteiger partial charge in [0, 0.05) is 31.0 Å². The summed E-state index contributed by atoms with van der Waals surface area (Å²) in [6.07, 6.45) is 2.93. The van der Waals surface area contributed by atoms with Crippen molar-refractivity contribution < 1.29 is 23.8 Å². The van der Waals surface area contributed by atoms with Gasteiger partial charge in [-0.2, -0.15) is 0 Å². The molecule has 7 heteroatoms. The minimum Gasteiger partial charge on any atom is -0.418 e. The second-order valence-electron chi connectivity index (χ2n) is 12.0. The Morgan fingerprint density at radius 3 is 2.02 bits per heavy atom. The Labute approximate surface area is 245 Å². The van der Waals surface area contributed by atoms with Crippen LogP contribution >= 0.6 is 0 Å². The van der Waals surface area contributed by atoms with E-state index >= 15 is 0 Å². The quantitative estimate of drug-likeness (QED) is 0.0941. The maximum atomic E-state index is 12.7. The van der Waals surface area contributed by atoms with Crippen LogP contribution in [0.3, 0.4) is 0 Å².